The highest BCUT2D eigenvalue weighted by Crippen LogP contribution is 2.15. The van der Waals surface area contributed by atoms with Crippen molar-refractivity contribution in [1.82, 2.24) is 0 Å². The third kappa shape index (κ3) is 34.5. The zero-order chi connectivity index (χ0) is 33.3. The van der Waals surface area contributed by atoms with Crippen molar-refractivity contribution in [3.8, 4) is 0 Å². The summed E-state index contributed by atoms with van der Waals surface area (Å²) in [5.41, 5.74) is 0. The molecule has 0 fully saturated rings. The van der Waals surface area contributed by atoms with Gasteiger partial charge in [-0.05, 0) is 67.2 Å². The van der Waals surface area contributed by atoms with Crippen molar-refractivity contribution in [2.45, 2.75) is 184 Å². The first-order valence-electron chi connectivity index (χ1n) is 18.9. The molecule has 0 N–H and O–H groups in total. The van der Waals surface area contributed by atoms with Crippen molar-refractivity contribution in [2.24, 2.45) is 0 Å². The molecule has 0 unspecified atom stereocenters. The van der Waals surface area contributed by atoms with Crippen LogP contribution < -0.4 is 0 Å². The van der Waals surface area contributed by atoms with Gasteiger partial charge in [-0.2, -0.15) is 0 Å². The Labute approximate surface area is 272 Å². The number of nitrogens with zero attached hydrogens (tertiary/aromatic N) is 2. The van der Waals surface area contributed by atoms with Crippen LogP contribution in [0.1, 0.15) is 184 Å². The SMILES string of the molecule is CCCCCCCCCCCC[N+](CC)(CC)CC.CCCCCCCCCCCC[N+](CC)(CC)CC.O=S(=O)([O-])[O-]. The van der Waals surface area contributed by atoms with Crippen LogP contribution in [0.3, 0.4) is 0 Å². The van der Waals surface area contributed by atoms with Crippen LogP contribution in [0.2, 0.25) is 0 Å². The van der Waals surface area contributed by atoms with Crippen LogP contribution in [0, 0.1) is 0 Å². The van der Waals surface area contributed by atoms with Crippen molar-refractivity contribution < 1.29 is 26.5 Å². The molecule has 0 aromatic carbocycles. The molecule has 0 saturated carbocycles. The first kappa shape index (κ1) is 47.2. The summed E-state index contributed by atoms with van der Waals surface area (Å²) in [7, 11) is -5.17. The molecule has 0 amide bonds. The summed E-state index contributed by atoms with van der Waals surface area (Å²) in [6.45, 7) is 29.4. The molecular weight excluding hydrogens is 556 g/mol. The van der Waals surface area contributed by atoms with Crippen LogP contribution >= 0.6 is 0 Å². The van der Waals surface area contributed by atoms with E-state index in [0.717, 1.165) is 0 Å². The van der Waals surface area contributed by atoms with Gasteiger partial charge in [-0.15, -0.1) is 0 Å². The average Bonchev–Trinajstić information content (AvgIpc) is 2.99. The highest BCUT2D eigenvalue weighted by Gasteiger charge is 2.20. The molecule has 0 heterocycles. The maximum Gasteiger partial charge on any atom is 0.0786 e. The molecular formula is C36H80N2O4S. The van der Waals surface area contributed by atoms with Crippen LogP contribution in [0.4, 0.5) is 0 Å². The summed E-state index contributed by atoms with van der Waals surface area (Å²) in [6, 6.07) is 0. The first-order valence-corrected chi connectivity index (χ1v) is 20.2. The molecule has 7 heteroatoms. The number of rotatable bonds is 28. The lowest BCUT2D eigenvalue weighted by atomic mass is 10.1. The van der Waals surface area contributed by atoms with E-state index in [4.69, 9.17) is 17.5 Å². The van der Waals surface area contributed by atoms with E-state index in [1.54, 1.807) is 0 Å². The molecule has 43 heavy (non-hydrogen) atoms. The standard InChI is InChI=1S/2C18H40N.H2O4S/c2*1-5-9-10-11-12-13-14-15-16-17-18-19(6-2,7-3)8-4;1-5(2,3)4/h2*5-18H2,1-4H3;(H2,1,2,3,4)/q2*+1;/p-2. The molecule has 6 nitrogen and oxygen atoms in total. The smallest absolute Gasteiger partial charge is 0.0786 e. The molecule has 0 spiro atoms. The van der Waals surface area contributed by atoms with Crippen LogP contribution in [0.15, 0.2) is 0 Å². The van der Waals surface area contributed by atoms with Gasteiger partial charge in [0, 0.05) is 10.4 Å². The largest absolute Gasteiger partial charge is 0.759 e. The number of hydrogen-bond acceptors (Lipinski definition) is 4. The topological polar surface area (TPSA) is 80.3 Å². The van der Waals surface area contributed by atoms with Gasteiger partial charge in [0.25, 0.3) is 0 Å². The maximum absolute atomic E-state index is 8.52. The molecule has 0 atom stereocenters. The lowest BCUT2D eigenvalue weighted by molar-refractivity contribution is -0.923. The van der Waals surface area contributed by atoms with Crippen LogP contribution in [-0.4, -0.2) is 78.8 Å². The summed E-state index contributed by atoms with van der Waals surface area (Å²) in [5, 5.41) is 0. The zero-order valence-corrected chi connectivity index (χ0v) is 31.6. The van der Waals surface area contributed by atoms with E-state index in [-0.39, 0.29) is 0 Å². The van der Waals surface area contributed by atoms with Crippen LogP contribution in [0.25, 0.3) is 0 Å². The van der Waals surface area contributed by atoms with Crippen LogP contribution in [0.5, 0.6) is 0 Å². The number of quaternary nitrogens is 2. The second-order valence-electron chi connectivity index (χ2n) is 12.8. The summed E-state index contributed by atoms with van der Waals surface area (Å²) in [6.07, 6.45) is 29.0. The Bertz CT molecular complexity index is 571. The molecule has 0 aliphatic rings. The van der Waals surface area contributed by atoms with Gasteiger partial charge in [-0.1, -0.05) is 117 Å². The summed E-state index contributed by atoms with van der Waals surface area (Å²) < 4.78 is 36.7. The van der Waals surface area contributed by atoms with Gasteiger partial charge in [0.15, 0.2) is 0 Å². The van der Waals surface area contributed by atoms with Crippen molar-refractivity contribution >= 4 is 10.4 Å². The van der Waals surface area contributed by atoms with E-state index in [9.17, 15) is 0 Å². The molecule has 0 radical (unpaired) electrons. The van der Waals surface area contributed by atoms with Gasteiger partial charge in [-0.3, -0.25) is 8.42 Å². The van der Waals surface area contributed by atoms with Crippen LogP contribution in [-0.2, 0) is 10.4 Å². The second-order valence-corrected chi connectivity index (χ2v) is 13.6. The zero-order valence-electron chi connectivity index (χ0n) is 30.7. The second kappa shape index (κ2) is 33.2. The minimum Gasteiger partial charge on any atom is -0.759 e. The summed E-state index contributed by atoms with van der Waals surface area (Å²) in [4.78, 5) is 0. The Morgan fingerprint density at radius 3 is 0.674 bits per heavy atom. The van der Waals surface area contributed by atoms with Crippen molar-refractivity contribution in [3.63, 3.8) is 0 Å². The van der Waals surface area contributed by atoms with Crippen molar-refractivity contribution in [1.29, 1.82) is 0 Å². The minimum atomic E-state index is -5.17. The normalized spacial score (nSPS) is 12.0. The van der Waals surface area contributed by atoms with E-state index in [2.05, 4.69) is 55.4 Å². The molecule has 0 aromatic heterocycles. The predicted octanol–water partition coefficient (Wildman–Crippen LogP) is 10.2. The molecule has 264 valence electrons. The molecule has 0 aliphatic heterocycles. The van der Waals surface area contributed by atoms with Gasteiger partial charge in [0.2, 0.25) is 0 Å². The van der Waals surface area contributed by atoms with Gasteiger partial charge in [-0.25, -0.2) is 0 Å². The lowest BCUT2D eigenvalue weighted by Gasteiger charge is -2.35. The maximum atomic E-state index is 8.52. The predicted molar refractivity (Wildman–Crippen MR) is 188 cm³/mol. The van der Waals surface area contributed by atoms with E-state index in [1.165, 1.54) is 190 Å². The highest BCUT2D eigenvalue weighted by atomic mass is 32.3. The average molecular weight is 637 g/mol. The first-order chi connectivity index (χ1) is 20.5. The fourth-order valence-corrected chi connectivity index (χ4v) is 6.16. The number of hydrogen-bond donors (Lipinski definition) is 0. The Balaban J connectivity index is -0.000000642. The van der Waals surface area contributed by atoms with E-state index in [1.807, 2.05) is 0 Å². The Morgan fingerprint density at radius 2 is 0.512 bits per heavy atom. The van der Waals surface area contributed by atoms with Gasteiger partial charge in [0.05, 0.1) is 52.4 Å². The molecule has 0 aliphatic carbocycles. The van der Waals surface area contributed by atoms with Gasteiger partial charge in [0.1, 0.15) is 0 Å². The third-order valence-electron chi connectivity index (χ3n) is 10.00. The molecule has 0 saturated heterocycles. The van der Waals surface area contributed by atoms with Gasteiger partial charge >= 0.3 is 0 Å². The summed E-state index contributed by atoms with van der Waals surface area (Å²) in [5.74, 6) is 0. The monoisotopic (exact) mass is 637 g/mol. The van der Waals surface area contributed by atoms with E-state index >= 15 is 0 Å². The lowest BCUT2D eigenvalue weighted by Crippen LogP contribution is -2.48. The number of unbranched alkanes of at least 4 members (excludes halogenated alkanes) is 18. The van der Waals surface area contributed by atoms with Crippen molar-refractivity contribution in [2.75, 3.05) is 52.4 Å². The molecule has 0 aromatic rings. The van der Waals surface area contributed by atoms with E-state index < -0.39 is 10.4 Å². The van der Waals surface area contributed by atoms with Gasteiger partial charge < -0.3 is 18.1 Å². The minimum absolute atomic E-state index is 1.31. The highest BCUT2D eigenvalue weighted by molar-refractivity contribution is 7.79. The Kier molecular flexibility index (Phi) is 36.4. The molecule has 0 rings (SSSR count). The van der Waals surface area contributed by atoms with E-state index in [0.29, 0.717) is 0 Å². The fourth-order valence-electron chi connectivity index (χ4n) is 6.16. The Morgan fingerprint density at radius 1 is 0.349 bits per heavy atom. The van der Waals surface area contributed by atoms with Crippen molar-refractivity contribution in [3.05, 3.63) is 0 Å². The molecule has 0 bridgehead atoms. The summed E-state index contributed by atoms with van der Waals surface area (Å²) >= 11 is 0. The fraction of sp³-hybridized carbons (Fsp3) is 1.00. The quantitative estimate of drug-likeness (QED) is 0.0370. The Hall–Kier alpha value is -0.210. The third-order valence-corrected chi connectivity index (χ3v) is 10.00.